The zero-order chi connectivity index (χ0) is 12.3. The van der Waals surface area contributed by atoms with Crippen LogP contribution < -0.4 is 11.1 Å². The van der Waals surface area contributed by atoms with Gasteiger partial charge in [0, 0.05) is 4.88 Å². The highest BCUT2D eigenvalue weighted by Crippen LogP contribution is 2.31. The molecule has 94 valence electrons. The fourth-order valence-electron chi connectivity index (χ4n) is 2.15. The number of amides is 1. The van der Waals surface area contributed by atoms with Crippen molar-refractivity contribution >= 4 is 17.2 Å². The number of thiophene rings is 1. The van der Waals surface area contributed by atoms with Crippen LogP contribution in [0.25, 0.3) is 0 Å². The molecule has 0 bridgehead atoms. The number of hydrogen-bond acceptors (Lipinski definition) is 3. The molecule has 3 N–H and O–H groups in total. The lowest BCUT2D eigenvalue weighted by Crippen LogP contribution is -2.58. The Morgan fingerprint density at radius 2 is 2.41 bits per heavy atom. The summed E-state index contributed by atoms with van der Waals surface area (Å²) < 4.78 is 0. The molecule has 1 heterocycles. The standard InChI is InChI=1S/C13H20N2OS/c1-2-5-10(11-6-3-9-17-11)15-12(16)13(14)7-4-8-13/h3,6,9-10H,2,4-5,7-8,14H2,1H3,(H,15,16). The summed E-state index contributed by atoms with van der Waals surface area (Å²) in [5.41, 5.74) is 5.44. The summed E-state index contributed by atoms with van der Waals surface area (Å²) in [6.45, 7) is 2.13. The van der Waals surface area contributed by atoms with E-state index in [1.165, 1.54) is 4.88 Å². The number of rotatable bonds is 5. The van der Waals surface area contributed by atoms with Gasteiger partial charge in [-0.05, 0) is 37.1 Å². The Balaban J connectivity index is 2.00. The van der Waals surface area contributed by atoms with Crippen molar-refractivity contribution in [3.05, 3.63) is 22.4 Å². The summed E-state index contributed by atoms with van der Waals surface area (Å²) in [7, 11) is 0. The summed E-state index contributed by atoms with van der Waals surface area (Å²) in [6, 6.07) is 4.24. The van der Waals surface area contributed by atoms with Gasteiger partial charge in [-0.2, -0.15) is 0 Å². The molecule has 1 aromatic heterocycles. The van der Waals surface area contributed by atoms with Gasteiger partial charge >= 0.3 is 0 Å². The van der Waals surface area contributed by atoms with Crippen LogP contribution in [0.1, 0.15) is 49.9 Å². The number of nitrogens with two attached hydrogens (primary N) is 1. The molecule has 1 fully saturated rings. The fraction of sp³-hybridized carbons (Fsp3) is 0.615. The van der Waals surface area contributed by atoms with E-state index in [1.54, 1.807) is 11.3 Å². The highest BCUT2D eigenvalue weighted by Gasteiger charge is 2.40. The minimum absolute atomic E-state index is 0.0237. The summed E-state index contributed by atoms with van der Waals surface area (Å²) in [5.74, 6) is 0.0237. The van der Waals surface area contributed by atoms with Crippen molar-refractivity contribution in [3.63, 3.8) is 0 Å². The van der Waals surface area contributed by atoms with Crippen LogP contribution in [0.5, 0.6) is 0 Å². The van der Waals surface area contributed by atoms with Gasteiger partial charge in [0.2, 0.25) is 5.91 Å². The van der Waals surface area contributed by atoms with E-state index in [0.717, 1.165) is 32.1 Å². The van der Waals surface area contributed by atoms with E-state index in [0.29, 0.717) is 0 Å². The van der Waals surface area contributed by atoms with Gasteiger partial charge in [0.05, 0.1) is 11.6 Å². The van der Waals surface area contributed by atoms with E-state index < -0.39 is 5.54 Å². The van der Waals surface area contributed by atoms with Gasteiger partial charge < -0.3 is 11.1 Å². The van der Waals surface area contributed by atoms with Crippen LogP contribution in [0.15, 0.2) is 17.5 Å². The Kier molecular flexibility index (Phi) is 3.84. The first kappa shape index (κ1) is 12.6. The van der Waals surface area contributed by atoms with Crippen molar-refractivity contribution in [2.24, 2.45) is 5.73 Å². The maximum absolute atomic E-state index is 12.1. The van der Waals surface area contributed by atoms with Crippen molar-refractivity contribution in [2.45, 2.75) is 50.6 Å². The van der Waals surface area contributed by atoms with Gasteiger partial charge in [0.25, 0.3) is 0 Å². The second-order valence-electron chi connectivity index (χ2n) is 4.84. The summed E-state index contributed by atoms with van der Waals surface area (Å²) in [5, 5.41) is 5.16. The van der Waals surface area contributed by atoms with Crippen molar-refractivity contribution in [1.29, 1.82) is 0 Å². The van der Waals surface area contributed by atoms with E-state index in [2.05, 4.69) is 18.3 Å². The molecule has 4 heteroatoms. The molecule has 1 aliphatic rings. The van der Waals surface area contributed by atoms with Crippen LogP contribution >= 0.6 is 11.3 Å². The van der Waals surface area contributed by atoms with Gasteiger partial charge in [-0.3, -0.25) is 4.79 Å². The molecule has 17 heavy (non-hydrogen) atoms. The predicted octanol–water partition coefficient (Wildman–Crippen LogP) is 2.59. The van der Waals surface area contributed by atoms with E-state index in [9.17, 15) is 4.79 Å². The molecule has 1 unspecified atom stereocenters. The highest BCUT2D eigenvalue weighted by molar-refractivity contribution is 7.10. The Morgan fingerprint density at radius 1 is 1.65 bits per heavy atom. The number of carbonyl (C=O) groups is 1. The molecular weight excluding hydrogens is 232 g/mol. The summed E-state index contributed by atoms with van der Waals surface area (Å²) in [4.78, 5) is 13.3. The first-order valence-corrected chi connectivity index (χ1v) is 7.17. The van der Waals surface area contributed by atoms with E-state index in [4.69, 9.17) is 5.73 Å². The van der Waals surface area contributed by atoms with Crippen LogP contribution in [-0.4, -0.2) is 11.4 Å². The van der Waals surface area contributed by atoms with E-state index >= 15 is 0 Å². The zero-order valence-corrected chi connectivity index (χ0v) is 11.1. The molecule has 0 radical (unpaired) electrons. The second-order valence-corrected chi connectivity index (χ2v) is 5.82. The van der Waals surface area contributed by atoms with Crippen molar-refractivity contribution in [3.8, 4) is 0 Å². The SMILES string of the molecule is CCCC(NC(=O)C1(N)CCC1)c1cccs1. The second kappa shape index (κ2) is 5.19. The van der Waals surface area contributed by atoms with Gasteiger partial charge in [0.15, 0.2) is 0 Å². The molecule has 1 saturated carbocycles. The third kappa shape index (κ3) is 2.69. The molecule has 0 aliphatic heterocycles. The Hall–Kier alpha value is -0.870. The lowest BCUT2D eigenvalue weighted by atomic mass is 9.77. The van der Waals surface area contributed by atoms with Crippen molar-refractivity contribution in [2.75, 3.05) is 0 Å². The first-order valence-electron chi connectivity index (χ1n) is 6.29. The highest BCUT2D eigenvalue weighted by atomic mass is 32.1. The molecule has 1 atom stereocenters. The maximum Gasteiger partial charge on any atom is 0.240 e. The third-order valence-electron chi connectivity index (χ3n) is 3.47. The Bertz CT molecular complexity index is 371. The Labute approximate surface area is 106 Å². The van der Waals surface area contributed by atoms with Crippen molar-refractivity contribution < 1.29 is 4.79 Å². The monoisotopic (exact) mass is 252 g/mol. The minimum Gasteiger partial charge on any atom is -0.347 e. The van der Waals surface area contributed by atoms with Gasteiger partial charge in [-0.15, -0.1) is 11.3 Å². The number of nitrogens with one attached hydrogen (secondary N) is 1. The van der Waals surface area contributed by atoms with Crippen LogP contribution in [0, 0.1) is 0 Å². The number of hydrogen-bond donors (Lipinski definition) is 2. The lowest BCUT2D eigenvalue weighted by molar-refractivity contribution is -0.130. The lowest BCUT2D eigenvalue weighted by Gasteiger charge is -2.37. The van der Waals surface area contributed by atoms with Gasteiger partial charge in [-0.1, -0.05) is 19.4 Å². The van der Waals surface area contributed by atoms with E-state index in [1.807, 2.05) is 11.4 Å². The predicted molar refractivity (Wildman–Crippen MR) is 70.9 cm³/mol. The molecule has 2 rings (SSSR count). The van der Waals surface area contributed by atoms with Gasteiger partial charge in [0.1, 0.15) is 0 Å². The quantitative estimate of drug-likeness (QED) is 0.846. The molecule has 0 spiro atoms. The molecule has 1 aliphatic carbocycles. The van der Waals surface area contributed by atoms with Crippen molar-refractivity contribution in [1.82, 2.24) is 5.32 Å². The van der Waals surface area contributed by atoms with Crippen LogP contribution in [-0.2, 0) is 4.79 Å². The van der Waals surface area contributed by atoms with Gasteiger partial charge in [-0.25, -0.2) is 0 Å². The molecule has 0 saturated heterocycles. The fourth-order valence-corrected chi connectivity index (χ4v) is 2.96. The average molecular weight is 252 g/mol. The smallest absolute Gasteiger partial charge is 0.240 e. The molecule has 3 nitrogen and oxygen atoms in total. The molecule has 1 aromatic rings. The third-order valence-corrected chi connectivity index (χ3v) is 4.45. The molecule has 1 amide bonds. The molecular formula is C13H20N2OS. The minimum atomic E-state index is -0.594. The molecule has 0 aromatic carbocycles. The summed E-state index contributed by atoms with van der Waals surface area (Å²) >= 11 is 1.69. The normalized spacial score (nSPS) is 19.4. The largest absolute Gasteiger partial charge is 0.347 e. The average Bonchev–Trinajstić information content (AvgIpc) is 2.78. The maximum atomic E-state index is 12.1. The van der Waals surface area contributed by atoms with Crippen LogP contribution in [0.3, 0.4) is 0 Å². The topological polar surface area (TPSA) is 55.1 Å². The van der Waals surface area contributed by atoms with Crippen LogP contribution in [0.4, 0.5) is 0 Å². The van der Waals surface area contributed by atoms with Crippen LogP contribution in [0.2, 0.25) is 0 Å². The number of carbonyl (C=O) groups excluding carboxylic acids is 1. The van der Waals surface area contributed by atoms with E-state index in [-0.39, 0.29) is 11.9 Å². The first-order chi connectivity index (χ1) is 8.15. The Morgan fingerprint density at radius 3 is 2.88 bits per heavy atom. The summed E-state index contributed by atoms with van der Waals surface area (Å²) in [6.07, 6.45) is 4.74. The zero-order valence-electron chi connectivity index (χ0n) is 10.2.